The summed E-state index contributed by atoms with van der Waals surface area (Å²) in [6.45, 7) is 10.9. The number of hydrogen-bond acceptors (Lipinski definition) is 4. The molecule has 0 saturated carbocycles. The van der Waals surface area contributed by atoms with Gasteiger partial charge < -0.3 is 24.4 Å². The number of likely N-dealkylation sites (tertiary alicyclic amines) is 1. The topological polar surface area (TPSA) is 55.3 Å². The number of rotatable bonds is 8. The Morgan fingerprint density at radius 3 is 2.60 bits per heavy atom. The van der Waals surface area contributed by atoms with Crippen molar-refractivity contribution in [1.29, 1.82) is 0 Å². The molecule has 1 aromatic rings. The van der Waals surface area contributed by atoms with E-state index < -0.39 is 0 Å². The van der Waals surface area contributed by atoms with Crippen LogP contribution in [0.5, 0.6) is 5.75 Å². The Labute approximate surface area is 198 Å². The molecule has 0 aromatic heterocycles. The minimum atomic E-state index is 0. The first-order chi connectivity index (χ1) is 14.2. The molecule has 2 saturated heterocycles. The maximum absolute atomic E-state index is 5.69. The molecule has 7 heteroatoms. The maximum Gasteiger partial charge on any atom is 0.193 e. The van der Waals surface area contributed by atoms with Gasteiger partial charge in [0, 0.05) is 51.3 Å². The molecule has 6 nitrogen and oxygen atoms in total. The van der Waals surface area contributed by atoms with Crippen LogP contribution in [0.1, 0.15) is 38.7 Å². The number of guanidine groups is 1. The number of halogens is 1. The molecule has 2 aliphatic rings. The zero-order valence-electron chi connectivity index (χ0n) is 18.7. The monoisotopic (exact) mass is 531 g/mol. The summed E-state index contributed by atoms with van der Waals surface area (Å²) in [5.41, 5.74) is 1.36. The van der Waals surface area contributed by atoms with E-state index in [1.807, 2.05) is 6.92 Å². The molecule has 0 spiro atoms. The molecule has 1 N–H and O–H groups in total. The second-order valence-corrected chi connectivity index (χ2v) is 8.08. The number of aliphatic imine (C=N–C) groups is 1. The van der Waals surface area contributed by atoms with E-state index in [0.29, 0.717) is 12.5 Å². The number of hydrogen-bond donors (Lipinski definition) is 1. The molecule has 30 heavy (non-hydrogen) atoms. The number of nitrogens with one attached hydrogen (secondary N) is 1. The fourth-order valence-corrected chi connectivity index (χ4v) is 4.42. The predicted molar refractivity (Wildman–Crippen MR) is 132 cm³/mol. The fraction of sp³-hybridized carbons (Fsp3) is 0.696. The van der Waals surface area contributed by atoms with E-state index in [1.165, 1.54) is 5.56 Å². The van der Waals surface area contributed by atoms with Crippen LogP contribution in [0.2, 0.25) is 0 Å². The highest BCUT2D eigenvalue weighted by Crippen LogP contribution is 2.36. The molecular formula is C23H38IN3O3. The summed E-state index contributed by atoms with van der Waals surface area (Å²) in [5, 5.41) is 3.51. The average molecular weight is 531 g/mol. The molecular weight excluding hydrogens is 493 g/mol. The fourth-order valence-electron chi connectivity index (χ4n) is 4.42. The number of benzene rings is 1. The SMILES string of the molecule is CCNC(=NCC1(c2ccc(OCC)cc2)CCOCC1)N1CCC(COC)C1.I. The van der Waals surface area contributed by atoms with Crippen molar-refractivity contribution in [3.63, 3.8) is 0 Å². The Morgan fingerprint density at radius 1 is 1.23 bits per heavy atom. The van der Waals surface area contributed by atoms with Gasteiger partial charge in [0.25, 0.3) is 0 Å². The second kappa shape index (κ2) is 12.7. The standard InChI is InChI=1S/C23H37N3O3.HI/c1-4-24-22(26-13-10-19(16-26)17-27-3)25-18-23(11-14-28-15-12-23)20-6-8-21(9-7-20)29-5-2;/h6-9,19H,4-5,10-18H2,1-3H3,(H,24,25);1H. The lowest BCUT2D eigenvalue weighted by molar-refractivity contribution is 0.0530. The molecule has 0 radical (unpaired) electrons. The average Bonchev–Trinajstić information content (AvgIpc) is 3.21. The maximum atomic E-state index is 5.69. The number of nitrogens with zero attached hydrogens (tertiary/aromatic N) is 2. The molecule has 2 aliphatic heterocycles. The Morgan fingerprint density at radius 2 is 1.97 bits per heavy atom. The molecule has 1 unspecified atom stereocenters. The largest absolute Gasteiger partial charge is 0.494 e. The van der Waals surface area contributed by atoms with Crippen LogP contribution in [0.4, 0.5) is 0 Å². The third kappa shape index (κ3) is 6.47. The molecule has 0 amide bonds. The highest BCUT2D eigenvalue weighted by molar-refractivity contribution is 14.0. The predicted octanol–water partition coefficient (Wildman–Crippen LogP) is 3.69. The van der Waals surface area contributed by atoms with Crippen molar-refractivity contribution in [1.82, 2.24) is 10.2 Å². The quantitative estimate of drug-likeness (QED) is 0.315. The molecule has 0 aliphatic carbocycles. The Bertz CT molecular complexity index is 648. The Balaban J connectivity index is 0.00000320. The summed E-state index contributed by atoms with van der Waals surface area (Å²) >= 11 is 0. The van der Waals surface area contributed by atoms with E-state index >= 15 is 0 Å². The van der Waals surface area contributed by atoms with Gasteiger partial charge in [0.15, 0.2) is 5.96 Å². The van der Waals surface area contributed by atoms with Crippen LogP contribution in [0.3, 0.4) is 0 Å². The Kier molecular flexibility index (Phi) is 10.7. The van der Waals surface area contributed by atoms with Gasteiger partial charge >= 0.3 is 0 Å². The van der Waals surface area contributed by atoms with Crippen LogP contribution in [0.25, 0.3) is 0 Å². The number of methoxy groups -OCH3 is 1. The van der Waals surface area contributed by atoms with Gasteiger partial charge in [0.1, 0.15) is 5.75 Å². The van der Waals surface area contributed by atoms with E-state index in [2.05, 4.69) is 41.4 Å². The van der Waals surface area contributed by atoms with Gasteiger partial charge in [-0.1, -0.05) is 12.1 Å². The van der Waals surface area contributed by atoms with Crippen LogP contribution in [-0.2, 0) is 14.9 Å². The van der Waals surface area contributed by atoms with Gasteiger partial charge in [-0.25, -0.2) is 0 Å². The normalized spacial score (nSPS) is 21.2. The second-order valence-electron chi connectivity index (χ2n) is 8.08. The first-order valence-electron chi connectivity index (χ1n) is 11.0. The minimum Gasteiger partial charge on any atom is -0.494 e. The number of ether oxygens (including phenoxy) is 3. The van der Waals surface area contributed by atoms with Gasteiger partial charge in [-0.3, -0.25) is 4.99 Å². The molecule has 1 atom stereocenters. The highest BCUT2D eigenvalue weighted by atomic mass is 127. The van der Waals surface area contributed by atoms with E-state index in [9.17, 15) is 0 Å². The summed E-state index contributed by atoms with van der Waals surface area (Å²) < 4.78 is 16.7. The lowest BCUT2D eigenvalue weighted by Gasteiger charge is -2.37. The first kappa shape index (κ1) is 25.2. The van der Waals surface area contributed by atoms with Crippen molar-refractivity contribution < 1.29 is 14.2 Å². The van der Waals surface area contributed by atoms with Crippen LogP contribution >= 0.6 is 24.0 Å². The van der Waals surface area contributed by atoms with Crippen molar-refractivity contribution in [2.75, 3.05) is 59.7 Å². The van der Waals surface area contributed by atoms with Crippen LogP contribution < -0.4 is 10.1 Å². The summed E-state index contributed by atoms with van der Waals surface area (Å²) in [6.07, 6.45) is 3.16. The highest BCUT2D eigenvalue weighted by Gasteiger charge is 2.35. The summed E-state index contributed by atoms with van der Waals surface area (Å²) in [6, 6.07) is 8.59. The molecule has 170 valence electrons. The minimum absolute atomic E-state index is 0. The van der Waals surface area contributed by atoms with E-state index in [4.69, 9.17) is 19.2 Å². The van der Waals surface area contributed by atoms with Crippen LogP contribution in [0.15, 0.2) is 29.3 Å². The smallest absolute Gasteiger partial charge is 0.193 e. The zero-order valence-corrected chi connectivity index (χ0v) is 21.0. The summed E-state index contributed by atoms with van der Waals surface area (Å²) in [7, 11) is 1.79. The van der Waals surface area contributed by atoms with Gasteiger partial charge in [-0.2, -0.15) is 0 Å². The molecule has 1 aromatic carbocycles. The van der Waals surface area contributed by atoms with Gasteiger partial charge in [-0.05, 0) is 50.8 Å². The lowest BCUT2D eigenvalue weighted by atomic mass is 9.74. The summed E-state index contributed by atoms with van der Waals surface area (Å²) in [5.74, 6) is 2.55. The zero-order chi connectivity index (χ0) is 20.5. The Hall–Kier alpha value is -1.06. The van der Waals surface area contributed by atoms with Crippen molar-refractivity contribution in [3.8, 4) is 5.75 Å². The van der Waals surface area contributed by atoms with E-state index in [1.54, 1.807) is 7.11 Å². The first-order valence-corrected chi connectivity index (χ1v) is 11.0. The van der Waals surface area contributed by atoms with Crippen molar-refractivity contribution in [2.24, 2.45) is 10.9 Å². The molecule has 0 bridgehead atoms. The van der Waals surface area contributed by atoms with Crippen molar-refractivity contribution in [2.45, 2.75) is 38.5 Å². The van der Waals surface area contributed by atoms with Gasteiger partial charge in [0.2, 0.25) is 0 Å². The molecule has 2 fully saturated rings. The van der Waals surface area contributed by atoms with Gasteiger partial charge in [0.05, 0.1) is 19.8 Å². The van der Waals surface area contributed by atoms with E-state index in [0.717, 1.165) is 77.0 Å². The van der Waals surface area contributed by atoms with E-state index in [-0.39, 0.29) is 29.4 Å². The molecule has 3 rings (SSSR count). The third-order valence-corrected chi connectivity index (χ3v) is 6.08. The van der Waals surface area contributed by atoms with Crippen molar-refractivity contribution in [3.05, 3.63) is 29.8 Å². The third-order valence-electron chi connectivity index (χ3n) is 6.08. The van der Waals surface area contributed by atoms with Crippen molar-refractivity contribution >= 4 is 29.9 Å². The van der Waals surface area contributed by atoms with Crippen LogP contribution in [0, 0.1) is 5.92 Å². The summed E-state index contributed by atoms with van der Waals surface area (Å²) in [4.78, 5) is 7.51. The van der Waals surface area contributed by atoms with Crippen LogP contribution in [-0.4, -0.2) is 70.6 Å². The molecule has 2 heterocycles. The lowest BCUT2D eigenvalue weighted by Crippen LogP contribution is -2.43. The van der Waals surface area contributed by atoms with Gasteiger partial charge in [-0.15, -0.1) is 24.0 Å².